The number of likely N-dealkylation sites (tertiary alicyclic amines) is 1. The second-order valence-corrected chi connectivity index (χ2v) is 5.68. The summed E-state index contributed by atoms with van der Waals surface area (Å²) in [6.07, 6.45) is 1.04. The first kappa shape index (κ1) is 13.6. The van der Waals surface area contributed by atoms with Crippen molar-refractivity contribution in [2.24, 2.45) is 5.41 Å². The van der Waals surface area contributed by atoms with E-state index in [1.807, 2.05) is 23.1 Å². The van der Waals surface area contributed by atoms with Crippen LogP contribution in [-0.2, 0) is 0 Å². The molecule has 0 spiro atoms. The maximum absolute atomic E-state index is 12.4. The van der Waals surface area contributed by atoms with Gasteiger partial charge in [-0.2, -0.15) is 0 Å². The Morgan fingerprint density at radius 1 is 1.47 bits per heavy atom. The number of nitrogens with zero attached hydrogens (tertiary/aromatic N) is 1. The molecule has 0 aromatic heterocycles. The zero-order valence-electron chi connectivity index (χ0n) is 11.4. The van der Waals surface area contributed by atoms with Crippen molar-refractivity contribution in [2.75, 3.05) is 19.7 Å². The number of carbonyl (C=O) groups excluding carboxylic acids is 1. The summed E-state index contributed by atoms with van der Waals surface area (Å²) in [5.41, 5.74) is 1.64. The van der Waals surface area contributed by atoms with Gasteiger partial charge >= 0.3 is 0 Å². The quantitative estimate of drug-likeness (QED) is 0.781. The van der Waals surface area contributed by atoms with E-state index in [1.54, 1.807) is 6.07 Å². The number of rotatable bonds is 1. The highest BCUT2D eigenvalue weighted by Gasteiger charge is 2.32. The van der Waals surface area contributed by atoms with E-state index in [2.05, 4.69) is 25.7 Å². The number of aliphatic hydroxyl groups excluding tert-OH is 1. The monoisotopic (exact) mass is 257 g/mol. The predicted octanol–water partition coefficient (Wildman–Crippen LogP) is 1.90. The van der Waals surface area contributed by atoms with E-state index in [4.69, 9.17) is 5.11 Å². The second-order valence-electron chi connectivity index (χ2n) is 5.68. The minimum Gasteiger partial charge on any atom is -0.384 e. The standard InChI is InChI=1S/C16H19NO2/c1-16(2)8-9-17(12-16)15(19)14-7-3-5-13(11-14)6-4-10-18/h3,5,7,11,18H,8-10,12H2,1-2H3. The summed E-state index contributed by atoms with van der Waals surface area (Å²) in [6.45, 7) is 5.82. The van der Waals surface area contributed by atoms with Gasteiger partial charge in [0.15, 0.2) is 0 Å². The number of aliphatic hydroxyl groups is 1. The molecule has 1 amide bonds. The lowest BCUT2D eigenvalue weighted by Gasteiger charge is -2.19. The van der Waals surface area contributed by atoms with Crippen LogP contribution in [0.1, 0.15) is 36.2 Å². The van der Waals surface area contributed by atoms with Crippen LogP contribution in [-0.4, -0.2) is 35.6 Å². The van der Waals surface area contributed by atoms with Gasteiger partial charge in [-0.05, 0) is 30.0 Å². The fraction of sp³-hybridized carbons (Fsp3) is 0.438. The molecule has 0 unspecified atom stereocenters. The van der Waals surface area contributed by atoms with Crippen molar-refractivity contribution in [3.63, 3.8) is 0 Å². The molecule has 1 aliphatic heterocycles. The van der Waals surface area contributed by atoms with E-state index in [-0.39, 0.29) is 17.9 Å². The van der Waals surface area contributed by atoms with E-state index in [9.17, 15) is 4.79 Å². The van der Waals surface area contributed by atoms with Gasteiger partial charge < -0.3 is 10.0 Å². The minimum absolute atomic E-state index is 0.0678. The van der Waals surface area contributed by atoms with E-state index in [0.29, 0.717) is 5.56 Å². The molecule has 0 saturated carbocycles. The number of hydrogen-bond donors (Lipinski definition) is 1. The molecule has 1 aliphatic rings. The van der Waals surface area contributed by atoms with Gasteiger partial charge in [0.1, 0.15) is 6.61 Å². The maximum Gasteiger partial charge on any atom is 0.253 e. The maximum atomic E-state index is 12.4. The van der Waals surface area contributed by atoms with Crippen LogP contribution in [0.15, 0.2) is 24.3 Å². The van der Waals surface area contributed by atoms with Crippen LogP contribution in [0.2, 0.25) is 0 Å². The Kier molecular flexibility index (Phi) is 3.92. The summed E-state index contributed by atoms with van der Waals surface area (Å²) in [5.74, 6) is 5.49. The van der Waals surface area contributed by atoms with Crippen LogP contribution in [0.25, 0.3) is 0 Å². The largest absolute Gasteiger partial charge is 0.384 e. The van der Waals surface area contributed by atoms with Gasteiger partial charge in [0.25, 0.3) is 5.91 Å². The fourth-order valence-corrected chi connectivity index (χ4v) is 2.34. The summed E-state index contributed by atoms with van der Waals surface area (Å²) >= 11 is 0. The van der Waals surface area contributed by atoms with Gasteiger partial charge in [0.2, 0.25) is 0 Å². The van der Waals surface area contributed by atoms with Gasteiger partial charge in [-0.3, -0.25) is 4.79 Å². The molecular formula is C16H19NO2. The smallest absolute Gasteiger partial charge is 0.253 e. The van der Waals surface area contributed by atoms with Gasteiger partial charge in [-0.25, -0.2) is 0 Å². The summed E-state index contributed by atoms with van der Waals surface area (Å²) in [6, 6.07) is 7.28. The summed E-state index contributed by atoms with van der Waals surface area (Å²) in [7, 11) is 0. The van der Waals surface area contributed by atoms with Crippen molar-refractivity contribution in [1.82, 2.24) is 4.90 Å². The third kappa shape index (κ3) is 3.36. The molecule has 0 atom stereocenters. The van der Waals surface area contributed by atoms with Gasteiger partial charge in [0, 0.05) is 24.2 Å². The molecule has 1 N–H and O–H groups in total. The Hall–Kier alpha value is -1.79. The summed E-state index contributed by atoms with van der Waals surface area (Å²) in [4.78, 5) is 14.3. The third-order valence-corrected chi connectivity index (χ3v) is 3.39. The lowest BCUT2D eigenvalue weighted by atomic mass is 9.93. The molecule has 1 saturated heterocycles. The van der Waals surface area contributed by atoms with E-state index in [1.165, 1.54) is 0 Å². The Bertz CT molecular complexity index is 537. The van der Waals surface area contributed by atoms with Gasteiger partial charge in [-0.1, -0.05) is 31.8 Å². The van der Waals surface area contributed by atoms with Crippen LogP contribution >= 0.6 is 0 Å². The molecule has 0 radical (unpaired) electrons. The Balaban J connectivity index is 2.16. The van der Waals surface area contributed by atoms with Crippen molar-refractivity contribution in [2.45, 2.75) is 20.3 Å². The average Bonchev–Trinajstić information content (AvgIpc) is 2.76. The van der Waals surface area contributed by atoms with Crippen molar-refractivity contribution >= 4 is 5.91 Å². The highest BCUT2D eigenvalue weighted by molar-refractivity contribution is 5.94. The predicted molar refractivity (Wildman–Crippen MR) is 74.7 cm³/mol. The first-order valence-electron chi connectivity index (χ1n) is 6.51. The highest BCUT2D eigenvalue weighted by Crippen LogP contribution is 2.29. The zero-order valence-corrected chi connectivity index (χ0v) is 11.4. The molecule has 3 nitrogen and oxygen atoms in total. The van der Waals surface area contributed by atoms with E-state index in [0.717, 1.165) is 25.1 Å². The second kappa shape index (κ2) is 5.46. The van der Waals surface area contributed by atoms with Crippen LogP contribution in [0, 0.1) is 17.3 Å². The molecule has 0 aliphatic carbocycles. The number of hydrogen-bond acceptors (Lipinski definition) is 2. The first-order chi connectivity index (χ1) is 9.02. The zero-order chi connectivity index (χ0) is 13.9. The molecule has 2 rings (SSSR count). The molecule has 1 aromatic carbocycles. The Labute approximate surface area is 114 Å². The summed E-state index contributed by atoms with van der Waals surface area (Å²) in [5, 5.41) is 8.69. The van der Waals surface area contributed by atoms with E-state index < -0.39 is 0 Å². The minimum atomic E-state index is -0.168. The van der Waals surface area contributed by atoms with Crippen molar-refractivity contribution < 1.29 is 9.90 Å². The molecule has 19 heavy (non-hydrogen) atoms. The molecule has 0 bridgehead atoms. The van der Waals surface area contributed by atoms with E-state index >= 15 is 0 Å². The fourth-order valence-electron chi connectivity index (χ4n) is 2.34. The topological polar surface area (TPSA) is 40.5 Å². The highest BCUT2D eigenvalue weighted by atomic mass is 16.2. The van der Waals surface area contributed by atoms with Crippen molar-refractivity contribution in [1.29, 1.82) is 0 Å². The van der Waals surface area contributed by atoms with Crippen LogP contribution < -0.4 is 0 Å². The Morgan fingerprint density at radius 3 is 2.89 bits per heavy atom. The molecule has 1 heterocycles. The lowest BCUT2D eigenvalue weighted by molar-refractivity contribution is 0.0778. The number of amides is 1. The normalized spacial score (nSPS) is 16.9. The van der Waals surface area contributed by atoms with Crippen LogP contribution in [0.4, 0.5) is 0 Å². The number of carbonyl (C=O) groups is 1. The molecule has 3 heteroatoms. The third-order valence-electron chi connectivity index (χ3n) is 3.39. The average molecular weight is 257 g/mol. The lowest BCUT2D eigenvalue weighted by Crippen LogP contribution is -2.30. The van der Waals surface area contributed by atoms with Crippen LogP contribution in [0.5, 0.6) is 0 Å². The first-order valence-corrected chi connectivity index (χ1v) is 6.51. The van der Waals surface area contributed by atoms with Crippen molar-refractivity contribution in [3.8, 4) is 11.8 Å². The molecular weight excluding hydrogens is 238 g/mol. The van der Waals surface area contributed by atoms with Gasteiger partial charge in [0.05, 0.1) is 0 Å². The number of benzene rings is 1. The SMILES string of the molecule is CC1(C)CCN(C(=O)c2cccc(C#CCO)c2)C1. The molecule has 1 fully saturated rings. The van der Waals surface area contributed by atoms with Gasteiger partial charge in [-0.15, -0.1) is 0 Å². The van der Waals surface area contributed by atoms with Crippen molar-refractivity contribution in [3.05, 3.63) is 35.4 Å². The molecule has 100 valence electrons. The molecule has 1 aromatic rings. The van der Waals surface area contributed by atoms with Crippen LogP contribution in [0.3, 0.4) is 0 Å². The summed E-state index contributed by atoms with van der Waals surface area (Å²) < 4.78 is 0. The Morgan fingerprint density at radius 2 is 2.26 bits per heavy atom.